The second-order valence-corrected chi connectivity index (χ2v) is 19.6. The van der Waals surface area contributed by atoms with E-state index in [1.807, 2.05) is 53.2 Å². The van der Waals surface area contributed by atoms with Crippen molar-refractivity contribution in [2.75, 3.05) is 4.90 Å². The zero-order valence-corrected chi connectivity index (χ0v) is 37.0. The Labute approximate surface area is 353 Å². The van der Waals surface area contributed by atoms with Crippen LogP contribution in [0.15, 0.2) is 115 Å². The van der Waals surface area contributed by atoms with E-state index in [1.165, 1.54) is 37.9 Å². The number of rotatable bonds is 5. The molecule has 57 heavy (non-hydrogen) atoms. The normalized spacial score (nSPS) is 14.2. The molecule has 0 saturated heterocycles. The van der Waals surface area contributed by atoms with Gasteiger partial charge in [0.15, 0.2) is 0 Å². The fraction of sp³-hybridized carbons (Fsp3) is 0.294. The first-order valence-electron chi connectivity index (χ1n) is 21.2. The van der Waals surface area contributed by atoms with Gasteiger partial charge in [0.25, 0.3) is 0 Å². The molecule has 0 fully saturated rings. The minimum atomic E-state index is -2.35. The van der Waals surface area contributed by atoms with E-state index >= 15 is 0 Å². The molecule has 0 saturated carbocycles. The number of benzene rings is 5. The van der Waals surface area contributed by atoms with Crippen molar-refractivity contribution < 1.29 is 28.2 Å². The molecule has 0 amide bonds. The second-order valence-electron chi connectivity index (χ2n) is 18.6. The molecular formula is C51H54N4OPt. The number of ether oxygens (including phenoxy) is 1. The summed E-state index contributed by atoms with van der Waals surface area (Å²) in [6.07, 6.45) is 1.88. The summed E-state index contributed by atoms with van der Waals surface area (Å²) < 4.78 is 36.0. The summed E-state index contributed by atoms with van der Waals surface area (Å²) in [6, 6.07) is 38.4. The van der Waals surface area contributed by atoms with Crippen molar-refractivity contribution >= 4 is 22.5 Å². The van der Waals surface area contributed by atoms with Crippen LogP contribution in [0, 0.1) is 10.7 Å². The van der Waals surface area contributed by atoms with Crippen molar-refractivity contribution in [2.24, 2.45) is 6.98 Å². The van der Waals surface area contributed by atoms with E-state index in [4.69, 9.17) is 13.8 Å². The predicted molar refractivity (Wildman–Crippen MR) is 234 cm³/mol. The summed E-state index contributed by atoms with van der Waals surface area (Å²) in [5, 5.41) is 0. The monoisotopic (exact) mass is 936 g/mol. The molecule has 6 heteroatoms. The van der Waals surface area contributed by atoms with E-state index in [-0.39, 0.29) is 16.2 Å². The first kappa shape index (κ1) is 35.2. The van der Waals surface area contributed by atoms with E-state index in [1.54, 1.807) is 0 Å². The molecule has 2 aromatic heterocycles. The molecule has 294 valence electrons. The molecule has 0 N–H and O–H groups in total. The Morgan fingerprint density at radius 1 is 0.649 bits per heavy atom. The third kappa shape index (κ3) is 7.48. The maximum absolute atomic E-state index is 8.37. The number of anilines is 2. The number of hydrogen-bond acceptors (Lipinski definition) is 3. The third-order valence-electron chi connectivity index (χ3n) is 11.1. The molecule has 0 unspecified atom stereocenters. The van der Waals surface area contributed by atoms with Crippen LogP contribution in [0.3, 0.4) is 0 Å². The first-order valence-corrected chi connectivity index (χ1v) is 20.9. The van der Waals surface area contributed by atoms with Gasteiger partial charge in [0, 0.05) is 6.20 Å². The summed E-state index contributed by atoms with van der Waals surface area (Å²) in [7, 11) is 0. The van der Waals surface area contributed by atoms with Crippen LogP contribution in [-0.4, -0.2) is 14.1 Å². The summed E-state index contributed by atoms with van der Waals surface area (Å²) >= 11 is 2.13. The van der Waals surface area contributed by atoms with Crippen molar-refractivity contribution in [2.45, 2.75) is 92.0 Å². The maximum atomic E-state index is 8.37. The van der Waals surface area contributed by atoms with Gasteiger partial charge >= 0.3 is 226 Å². The van der Waals surface area contributed by atoms with Gasteiger partial charge in [-0.25, -0.2) is 0 Å². The molecule has 0 atom stereocenters. The number of nitrogens with zero attached hydrogens (tertiary/aromatic N) is 4. The molecule has 8 rings (SSSR count). The predicted octanol–water partition coefficient (Wildman–Crippen LogP) is 13.4. The van der Waals surface area contributed by atoms with Crippen LogP contribution in [0.25, 0.3) is 39.0 Å². The molecule has 1 aliphatic heterocycles. The number of para-hydroxylation sites is 2. The number of aromatic nitrogens is 3. The molecule has 0 spiro atoms. The minimum absolute atomic E-state index is 0.0176. The number of aryl methyl sites for hydroxylation is 2. The quantitative estimate of drug-likeness (QED) is 0.172. The molecule has 1 aliphatic rings. The van der Waals surface area contributed by atoms with Gasteiger partial charge in [-0.05, 0) is 57.7 Å². The standard InChI is InChI=1S/C51H54N4O.Pt/c1-33-20-21-52-48(22-33)54-31-36-23-34(35-24-37(49(2,3)4)26-38(25-35)50(5,6)7)16-18-43(36)44-19-17-41(30-47(44)54)56-42-28-39(51(8,9)10)27-40(29-42)55-32-53(11)45-14-12-13-15-46(45)55;/h12-30H,31H2,1-11H3;/i11D3;. The van der Waals surface area contributed by atoms with Crippen molar-refractivity contribution in [3.8, 4) is 39.4 Å². The van der Waals surface area contributed by atoms with Gasteiger partial charge in [-0.2, -0.15) is 0 Å². The van der Waals surface area contributed by atoms with Crippen LogP contribution in [0.2, 0.25) is 0 Å². The Kier molecular flexibility index (Phi) is 8.73. The summed E-state index contributed by atoms with van der Waals surface area (Å²) in [6.45, 7) is 20.7. The molecule has 0 bridgehead atoms. The Bertz CT molecular complexity index is 2830. The van der Waals surface area contributed by atoms with Gasteiger partial charge < -0.3 is 0 Å². The SMILES string of the molecule is [2H]C([2H])([2H])n1[c](=[Pt])n(-c2cc(Oc3ccc4c(c3)N(c3cc(C)ccn3)Cc3cc(-c5cc(C(C)(C)C)cc(C(C)(C)C)c5)ccc3-4)cc(C(C)(C)C)c2)c2ccccc21. The van der Waals surface area contributed by atoms with E-state index in [0.717, 1.165) is 39.4 Å². The zero-order chi connectivity index (χ0) is 43.1. The van der Waals surface area contributed by atoms with Crippen molar-refractivity contribution in [3.05, 3.63) is 147 Å². The molecule has 0 radical (unpaired) electrons. The van der Waals surface area contributed by atoms with E-state index < -0.39 is 6.98 Å². The van der Waals surface area contributed by atoms with Crippen LogP contribution >= 0.6 is 0 Å². The van der Waals surface area contributed by atoms with Gasteiger partial charge in [0.05, 0.1) is 0 Å². The van der Waals surface area contributed by atoms with Crippen LogP contribution in [0.4, 0.5) is 11.5 Å². The molecular weight excluding hydrogens is 880 g/mol. The number of imidazole rings is 1. The third-order valence-corrected chi connectivity index (χ3v) is 12.1. The molecule has 3 heterocycles. The van der Waals surface area contributed by atoms with E-state index in [0.29, 0.717) is 27.4 Å². The molecule has 5 nitrogen and oxygen atoms in total. The average Bonchev–Trinajstić information content (AvgIpc) is 3.48. The Hall–Kier alpha value is -4.99. The molecule has 5 aromatic carbocycles. The van der Waals surface area contributed by atoms with Crippen LogP contribution in [-0.2, 0) is 49.1 Å². The Morgan fingerprint density at radius 2 is 1.32 bits per heavy atom. The Morgan fingerprint density at radius 3 is 1.98 bits per heavy atom. The van der Waals surface area contributed by atoms with Gasteiger partial charge in [-0.15, -0.1) is 0 Å². The first-order chi connectivity index (χ1) is 28.1. The van der Waals surface area contributed by atoms with Crippen molar-refractivity contribution in [1.29, 1.82) is 0 Å². The molecule has 0 aliphatic carbocycles. The second kappa shape index (κ2) is 14.1. The van der Waals surface area contributed by atoms with Gasteiger partial charge in [-0.3, -0.25) is 0 Å². The number of fused-ring (bicyclic) bond motifs is 4. The fourth-order valence-corrected chi connectivity index (χ4v) is 8.53. The van der Waals surface area contributed by atoms with E-state index in [2.05, 4.69) is 160 Å². The summed E-state index contributed by atoms with van der Waals surface area (Å²) in [4.78, 5) is 7.18. The number of hydrogen-bond donors (Lipinski definition) is 0. The summed E-state index contributed by atoms with van der Waals surface area (Å²) in [5.41, 5.74) is 14.0. The fourth-order valence-electron chi connectivity index (χ4n) is 7.69. The zero-order valence-electron chi connectivity index (χ0n) is 37.7. The van der Waals surface area contributed by atoms with Gasteiger partial charge in [-0.1, -0.05) is 65.8 Å². The molecule has 7 aromatic rings. The van der Waals surface area contributed by atoms with Crippen molar-refractivity contribution in [1.82, 2.24) is 14.1 Å². The number of pyridine rings is 1. The van der Waals surface area contributed by atoms with Crippen LogP contribution in [0.5, 0.6) is 11.5 Å². The summed E-state index contributed by atoms with van der Waals surface area (Å²) in [5.74, 6) is 2.24. The average molecular weight is 937 g/mol. The Balaban J connectivity index is 1.24. The van der Waals surface area contributed by atoms with Gasteiger partial charge in [0.2, 0.25) is 0 Å². The topological polar surface area (TPSA) is 35.2 Å². The van der Waals surface area contributed by atoms with Crippen LogP contribution in [0.1, 0.15) is 94.2 Å². The van der Waals surface area contributed by atoms with Crippen molar-refractivity contribution in [3.63, 3.8) is 0 Å². The van der Waals surface area contributed by atoms with Crippen LogP contribution < -0.4 is 9.64 Å². The van der Waals surface area contributed by atoms with E-state index in [9.17, 15) is 0 Å². The van der Waals surface area contributed by atoms with Gasteiger partial charge in [0.1, 0.15) is 0 Å².